The van der Waals surface area contributed by atoms with Crippen LogP contribution in [0.4, 0.5) is 0 Å². The Hall–Kier alpha value is -2.11. The van der Waals surface area contributed by atoms with Crippen molar-refractivity contribution in [1.82, 2.24) is 19.8 Å². The van der Waals surface area contributed by atoms with Gasteiger partial charge in [0.2, 0.25) is 5.91 Å². The van der Waals surface area contributed by atoms with Gasteiger partial charge in [0.25, 0.3) is 0 Å². The number of aryl methyl sites for hydroxylation is 2. The molecule has 2 aromatic rings. The number of aromatic nitrogens is 3. The molecule has 1 saturated carbocycles. The third kappa shape index (κ3) is 3.74. The van der Waals surface area contributed by atoms with Gasteiger partial charge in [0, 0.05) is 31.8 Å². The number of piperidine rings is 1. The van der Waals surface area contributed by atoms with Crippen LogP contribution in [0.3, 0.4) is 0 Å². The van der Waals surface area contributed by atoms with Gasteiger partial charge in [-0.15, -0.1) is 0 Å². The maximum Gasteiger partial charge on any atom is 0.223 e. The fourth-order valence-corrected chi connectivity index (χ4v) is 4.86. The topological polar surface area (TPSA) is 64.2 Å². The molecular weight excluding hydrogens is 352 g/mol. The molecule has 1 aliphatic heterocycles. The third-order valence-corrected chi connectivity index (χ3v) is 6.59. The summed E-state index contributed by atoms with van der Waals surface area (Å²) in [6.45, 7) is 4.82. The van der Waals surface area contributed by atoms with Gasteiger partial charge in [-0.1, -0.05) is 24.4 Å². The summed E-state index contributed by atoms with van der Waals surface area (Å²) < 4.78 is 7.47. The van der Waals surface area contributed by atoms with E-state index in [4.69, 9.17) is 9.62 Å². The van der Waals surface area contributed by atoms with Crippen molar-refractivity contribution in [1.29, 1.82) is 0 Å². The molecule has 152 valence electrons. The van der Waals surface area contributed by atoms with Crippen LogP contribution in [0.15, 0.2) is 10.7 Å². The van der Waals surface area contributed by atoms with Gasteiger partial charge >= 0.3 is 0 Å². The lowest BCUT2D eigenvalue weighted by Crippen LogP contribution is -2.39. The first-order valence-corrected chi connectivity index (χ1v) is 10.8. The molecule has 0 radical (unpaired) electrons. The van der Waals surface area contributed by atoms with Crippen LogP contribution in [0.25, 0.3) is 11.3 Å². The Morgan fingerprint density at radius 3 is 2.61 bits per heavy atom. The first-order valence-electron chi connectivity index (χ1n) is 10.8. The predicted molar refractivity (Wildman–Crippen MR) is 108 cm³/mol. The zero-order valence-corrected chi connectivity index (χ0v) is 17.4. The summed E-state index contributed by atoms with van der Waals surface area (Å²) in [5.74, 6) is 1.65. The zero-order chi connectivity index (χ0) is 19.7. The van der Waals surface area contributed by atoms with Crippen LogP contribution in [0.2, 0.25) is 0 Å². The van der Waals surface area contributed by atoms with Crippen molar-refractivity contribution in [3.63, 3.8) is 0 Å². The molecule has 1 saturated heterocycles. The predicted octanol–water partition coefficient (Wildman–Crippen LogP) is 4.72. The molecule has 0 N–H and O–H groups in total. The molecule has 0 spiro atoms. The Bertz CT molecular complexity index is 832. The Kier molecular flexibility index (Phi) is 5.56. The van der Waals surface area contributed by atoms with Gasteiger partial charge in [-0.2, -0.15) is 5.10 Å². The maximum atomic E-state index is 13.2. The van der Waals surface area contributed by atoms with E-state index >= 15 is 0 Å². The third-order valence-electron chi connectivity index (χ3n) is 6.59. The summed E-state index contributed by atoms with van der Waals surface area (Å²) in [6, 6.07) is 0.0332. The molecule has 3 heterocycles. The highest BCUT2D eigenvalue weighted by molar-refractivity contribution is 5.77. The van der Waals surface area contributed by atoms with Crippen molar-refractivity contribution in [2.75, 3.05) is 6.54 Å². The Labute approximate surface area is 167 Å². The summed E-state index contributed by atoms with van der Waals surface area (Å²) in [4.78, 5) is 15.3. The fourth-order valence-electron chi connectivity index (χ4n) is 4.86. The van der Waals surface area contributed by atoms with Gasteiger partial charge in [-0.3, -0.25) is 9.48 Å². The largest absolute Gasteiger partial charge is 0.356 e. The van der Waals surface area contributed by atoms with E-state index in [-0.39, 0.29) is 6.04 Å². The smallest absolute Gasteiger partial charge is 0.223 e. The van der Waals surface area contributed by atoms with Crippen molar-refractivity contribution in [2.45, 2.75) is 77.7 Å². The summed E-state index contributed by atoms with van der Waals surface area (Å²) >= 11 is 0. The molecule has 2 aromatic heterocycles. The van der Waals surface area contributed by atoms with E-state index in [1.807, 2.05) is 31.8 Å². The van der Waals surface area contributed by atoms with Crippen molar-refractivity contribution < 1.29 is 9.32 Å². The minimum atomic E-state index is 0.0332. The van der Waals surface area contributed by atoms with Gasteiger partial charge in [0.05, 0.1) is 23.0 Å². The van der Waals surface area contributed by atoms with Crippen LogP contribution < -0.4 is 0 Å². The molecule has 6 heteroatoms. The highest BCUT2D eigenvalue weighted by atomic mass is 16.5. The van der Waals surface area contributed by atoms with E-state index in [2.05, 4.69) is 10.1 Å². The number of hydrogen-bond acceptors (Lipinski definition) is 4. The van der Waals surface area contributed by atoms with Crippen LogP contribution in [-0.4, -0.2) is 32.3 Å². The van der Waals surface area contributed by atoms with Gasteiger partial charge in [-0.05, 0) is 51.9 Å². The molecule has 28 heavy (non-hydrogen) atoms. The molecule has 0 bridgehead atoms. The number of carbonyl (C=O) groups excluding carboxylic acids is 1. The van der Waals surface area contributed by atoms with Crippen molar-refractivity contribution in [2.24, 2.45) is 13.0 Å². The van der Waals surface area contributed by atoms with Crippen LogP contribution in [-0.2, 0) is 11.8 Å². The van der Waals surface area contributed by atoms with E-state index in [9.17, 15) is 4.79 Å². The Morgan fingerprint density at radius 1 is 1.14 bits per heavy atom. The van der Waals surface area contributed by atoms with Crippen LogP contribution >= 0.6 is 0 Å². The number of carbonyl (C=O) groups is 1. The van der Waals surface area contributed by atoms with Crippen LogP contribution in [0.1, 0.15) is 80.8 Å². The average Bonchev–Trinajstić information content (AvgIpc) is 3.25. The molecule has 2 fully saturated rings. The highest BCUT2D eigenvalue weighted by Gasteiger charge is 2.34. The van der Waals surface area contributed by atoms with E-state index < -0.39 is 0 Å². The van der Waals surface area contributed by atoms with E-state index in [1.54, 1.807) is 0 Å². The molecule has 4 rings (SSSR count). The molecule has 1 atom stereocenters. The van der Waals surface area contributed by atoms with Gasteiger partial charge in [0.1, 0.15) is 0 Å². The van der Waals surface area contributed by atoms with Gasteiger partial charge in [0.15, 0.2) is 5.76 Å². The maximum absolute atomic E-state index is 13.2. The van der Waals surface area contributed by atoms with Gasteiger partial charge < -0.3 is 9.42 Å². The Balaban J connectivity index is 1.61. The first-order chi connectivity index (χ1) is 13.5. The van der Waals surface area contributed by atoms with Crippen molar-refractivity contribution >= 4 is 5.91 Å². The summed E-state index contributed by atoms with van der Waals surface area (Å²) in [7, 11) is 1.93. The highest BCUT2D eigenvalue weighted by Crippen LogP contribution is 2.38. The van der Waals surface area contributed by atoms with Crippen molar-refractivity contribution in [3.8, 4) is 11.3 Å². The fraction of sp³-hybridized carbons (Fsp3) is 0.682. The molecule has 1 amide bonds. The quantitative estimate of drug-likeness (QED) is 0.765. The standard InChI is InChI=1S/C22H32N4O2/c1-15-16(2)24-28-22(15)18-14-25(3)23-21(18)19-11-7-8-12-26(19)20(27)13-17-9-5-4-6-10-17/h14,17,19H,4-13H2,1-3H3. The monoisotopic (exact) mass is 384 g/mol. The molecule has 0 aromatic carbocycles. The normalized spacial score (nSPS) is 21.2. The number of hydrogen-bond donors (Lipinski definition) is 0. The lowest BCUT2D eigenvalue weighted by molar-refractivity contribution is -0.136. The minimum Gasteiger partial charge on any atom is -0.356 e. The lowest BCUT2D eigenvalue weighted by atomic mass is 9.86. The molecule has 1 aliphatic carbocycles. The summed E-state index contributed by atoms with van der Waals surface area (Å²) in [5, 5.41) is 8.90. The number of nitrogens with zero attached hydrogens (tertiary/aromatic N) is 4. The molecule has 6 nitrogen and oxygen atoms in total. The second-order valence-electron chi connectivity index (χ2n) is 8.63. The summed E-state index contributed by atoms with van der Waals surface area (Å²) in [6.07, 6.45) is 12.1. The first kappa shape index (κ1) is 19.2. The minimum absolute atomic E-state index is 0.0332. The lowest BCUT2D eigenvalue weighted by Gasteiger charge is -2.36. The van der Waals surface area contributed by atoms with Gasteiger partial charge in [-0.25, -0.2) is 0 Å². The molecular formula is C22H32N4O2. The zero-order valence-electron chi connectivity index (χ0n) is 17.4. The summed E-state index contributed by atoms with van der Waals surface area (Å²) in [5.41, 5.74) is 3.88. The SMILES string of the molecule is Cc1noc(-c2cn(C)nc2C2CCCCN2C(=O)CC2CCCCC2)c1C. The van der Waals surface area contributed by atoms with E-state index in [1.165, 1.54) is 32.1 Å². The average molecular weight is 385 g/mol. The van der Waals surface area contributed by atoms with Crippen LogP contribution in [0, 0.1) is 19.8 Å². The number of likely N-dealkylation sites (tertiary alicyclic amines) is 1. The second kappa shape index (κ2) is 8.10. The number of rotatable bonds is 4. The van der Waals surface area contributed by atoms with E-state index in [0.717, 1.165) is 54.1 Å². The second-order valence-corrected chi connectivity index (χ2v) is 8.63. The number of amides is 1. The molecule has 1 unspecified atom stereocenters. The van der Waals surface area contributed by atoms with Crippen LogP contribution in [0.5, 0.6) is 0 Å². The Morgan fingerprint density at radius 2 is 1.89 bits per heavy atom. The van der Waals surface area contributed by atoms with E-state index in [0.29, 0.717) is 18.2 Å². The molecule has 2 aliphatic rings. The van der Waals surface area contributed by atoms with Crippen molar-refractivity contribution in [3.05, 3.63) is 23.1 Å².